The van der Waals surface area contributed by atoms with Gasteiger partial charge in [-0.1, -0.05) is 45.8 Å². The van der Waals surface area contributed by atoms with Crippen LogP contribution in [0.2, 0.25) is 0 Å². The molecule has 0 radical (unpaired) electrons. The van der Waals surface area contributed by atoms with Crippen molar-refractivity contribution in [2.45, 2.75) is 40.3 Å². The number of aryl methyl sites for hydroxylation is 2. The Balaban J connectivity index is 2.39. The van der Waals surface area contributed by atoms with Crippen LogP contribution in [0.1, 0.15) is 30.5 Å². The molecule has 0 aliphatic rings. The number of hydrogen-bond donors (Lipinski definition) is 1. The highest BCUT2D eigenvalue weighted by atomic mass is 79.9. The average molecular weight is 524 g/mol. The summed E-state index contributed by atoms with van der Waals surface area (Å²) in [6.07, 6.45) is 1.06. The number of rotatable bonds is 9. The predicted octanol–water partition coefficient (Wildman–Crippen LogP) is 3.39. The molecule has 0 fully saturated rings. The van der Waals surface area contributed by atoms with E-state index in [1.165, 1.54) is 4.90 Å². The summed E-state index contributed by atoms with van der Waals surface area (Å²) in [6.45, 7) is 7.47. The summed E-state index contributed by atoms with van der Waals surface area (Å²) in [5.41, 5.74) is 3.17. The maximum atomic E-state index is 13.4. The standard InChI is InChI=1S/C23H30BrN3O4S/c1-6-25-23(29)18(4)26(14-19-9-7-16(2)8-10-19)22(28)15-27(32(5,30)31)20-11-12-21(24)17(3)13-20/h7-13,18H,6,14-15H2,1-5H3,(H,25,29). The van der Waals surface area contributed by atoms with Crippen molar-refractivity contribution < 1.29 is 18.0 Å². The van der Waals surface area contributed by atoms with Crippen molar-refractivity contribution >= 4 is 43.5 Å². The zero-order chi connectivity index (χ0) is 24.1. The van der Waals surface area contributed by atoms with Gasteiger partial charge in [0.2, 0.25) is 21.8 Å². The van der Waals surface area contributed by atoms with E-state index in [-0.39, 0.29) is 12.5 Å². The van der Waals surface area contributed by atoms with Crippen LogP contribution in [0.3, 0.4) is 0 Å². The molecule has 0 spiro atoms. The van der Waals surface area contributed by atoms with Crippen LogP contribution in [-0.4, -0.2) is 50.5 Å². The Bertz CT molecular complexity index is 1070. The third kappa shape index (κ3) is 6.80. The summed E-state index contributed by atoms with van der Waals surface area (Å²) >= 11 is 3.41. The molecule has 0 bridgehead atoms. The molecule has 2 aromatic rings. The van der Waals surface area contributed by atoms with Gasteiger partial charge >= 0.3 is 0 Å². The number of carbonyl (C=O) groups is 2. The van der Waals surface area contributed by atoms with Crippen LogP contribution in [0.4, 0.5) is 5.69 Å². The lowest BCUT2D eigenvalue weighted by atomic mass is 10.1. The van der Waals surface area contributed by atoms with Gasteiger partial charge < -0.3 is 10.2 Å². The van der Waals surface area contributed by atoms with Crippen molar-refractivity contribution in [2.24, 2.45) is 0 Å². The molecular formula is C23H30BrN3O4S. The first-order valence-corrected chi connectivity index (χ1v) is 12.9. The van der Waals surface area contributed by atoms with Gasteiger partial charge in [-0.3, -0.25) is 13.9 Å². The van der Waals surface area contributed by atoms with Crippen LogP contribution >= 0.6 is 15.9 Å². The van der Waals surface area contributed by atoms with E-state index in [0.29, 0.717) is 12.2 Å². The SMILES string of the molecule is CCNC(=O)C(C)N(Cc1ccc(C)cc1)C(=O)CN(c1ccc(Br)c(C)c1)S(C)(=O)=O. The van der Waals surface area contributed by atoms with Gasteiger partial charge in [-0.15, -0.1) is 0 Å². The smallest absolute Gasteiger partial charge is 0.244 e. The first-order valence-electron chi connectivity index (χ1n) is 10.3. The molecule has 174 valence electrons. The summed E-state index contributed by atoms with van der Waals surface area (Å²) in [6, 6.07) is 12.0. The van der Waals surface area contributed by atoms with E-state index in [4.69, 9.17) is 0 Å². The fraction of sp³-hybridized carbons (Fsp3) is 0.391. The van der Waals surface area contributed by atoms with E-state index >= 15 is 0 Å². The highest BCUT2D eigenvalue weighted by Crippen LogP contribution is 2.25. The lowest BCUT2D eigenvalue weighted by Crippen LogP contribution is -2.51. The monoisotopic (exact) mass is 523 g/mol. The quantitative estimate of drug-likeness (QED) is 0.545. The van der Waals surface area contributed by atoms with Gasteiger partial charge in [0.15, 0.2) is 0 Å². The number of benzene rings is 2. The molecule has 0 heterocycles. The number of sulfonamides is 1. The topological polar surface area (TPSA) is 86.8 Å². The molecule has 0 saturated carbocycles. The molecule has 2 amide bonds. The predicted molar refractivity (Wildman–Crippen MR) is 131 cm³/mol. The molecule has 0 aliphatic heterocycles. The van der Waals surface area contributed by atoms with Crippen LogP contribution in [0.15, 0.2) is 46.9 Å². The molecule has 2 rings (SSSR count). The molecule has 1 atom stereocenters. The fourth-order valence-electron chi connectivity index (χ4n) is 3.19. The summed E-state index contributed by atoms with van der Waals surface area (Å²) in [7, 11) is -3.74. The number of hydrogen-bond acceptors (Lipinski definition) is 4. The first-order chi connectivity index (χ1) is 14.9. The maximum Gasteiger partial charge on any atom is 0.244 e. The summed E-state index contributed by atoms with van der Waals surface area (Å²) < 4.78 is 27.0. The molecule has 9 heteroatoms. The van der Waals surface area contributed by atoms with E-state index in [0.717, 1.165) is 31.7 Å². The molecule has 1 unspecified atom stereocenters. The minimum absolute atomic E-state index is 0.189. The van der Waals surface area contributed by atoms with E-state index in [1.54, 1.807) is 32.0 Å². The van der Waals surface area contributed by atoms with Crippen LogP contribution in [-0.2, 0) is 26.2 Å². The van der Waals surface area contributed by atoms with Gasteiger partial charge in [-0.25, -0.2) is 8.42 Å². The highest BCUT2D eigenvalue weighted by molar-refractivity contribution is 9.10. The molecule has 0 aromatic heterocycles. The number of amides is 2. The van der Waals surface area contributed by atoms with Crippen LogP contribution in [0.25, 0.3) is 0 Å². The Kier molecular flexibility index (Phi) is 8.86. The molecule has 2 aromatic carbocycles. The van der Waals surface area contributed by atoms with Gasteiger partial charge in [0.25, 0.3) is 0 Å². The number of nitrogens with zero attached hydrogens (tertiary/aromatic N) is 2. The van der Waals surface area contributed by atoms with Crippen LogP contribution in [0.5, 0.6) is 0 Å². The van der Waals surface area contributed by atoms with Crippen molar-refractivity contribution in [3.63, 3.8) is 0 Å². The largest absolute Gasteiger partial charge is 0.355 e. The van der Waals surface area contributed by atoms with Crippen molar-refractivity contribution in [3.05, 3.63) is 63.6 Å². The lowest BCUT2D eigenvalue weighted by molar-refractivity contribution is -0.139. The summed E-state index contributed by atoms with van der Waals surface area (Å²) in [4.78, 5) is 27.3. The molecular weight excluding hydrogens is 494 g/mol. The Morgan fingerprint density at radius 2 is 1.72 bits per heavy atom. The fourth-order valence-corrected chi connectivity index (χ4v) is 4.28. The Morgan fingerprint density at radius 1 is 1.09 bits per heavy atom. The van der Waals surface area contributed by atoms with Crippen LogP contribution < -0.4 is 9.62 Å². The van der Waals surface area contributed by atoms with E-state index in [1.807, 2.05) is 38.1 Å². The van der Waals surface area contributed by atoms with Crippen molar-refractivity contribution in [1.29, 1.82) is 0 Å². The third-order valence-electron chi connectivity index (χ3n) is 5.10. The normalized spacial score (nSPS) is 12.2. The van der Waals surface area contributed by atoms with Gasteiger partial charge in [-0.05, 0) is 57.0 Å². The Morgan fingerprint density at radius 3 is 2.25 bits per heavy atom. The minimum atomic E-state index is -3.74. The number of likely N-dealkylation sites (N-methyl/N-ethyl adjacent to an activating group) is 1. The zero-order valence-corrected chi connectivity index (χ0v) is 21.5. The first kappa shape index (κ1) is 25.9. The Labute approximate surface area is 199 Å². The lowest BCUT2D eigenvalue weighted by Gasteiger charge is -2.31. The van der Waals surface area contributed by atoms with Gasteiger partial charge in [0.05, 0.1) is 11.9 Å². The Hall–Kier alpha value is -2.39. The van der Waals surface area contributed by atoms with Gasteiger partial charge in [0, 0.05) is 17.6 Å². The second kappa shape index (κ2) is 11.0. The van der Waals surface area contributed by atoms with E-state index in [9.17, 15) is 18.0 Å². The summed E-state index contributed by atoms with van der Waals surface area (Å²) in [5, 5.41) is 2.73. The summed E-state index contributed by atoms with van der Waals surface area (Å²) in [5.74, 6) is -0.756. The van der Waals surface area contributed by atoms with Crippen molar-refractivity contribution in [1.82, 2.24) is 10.2 Å². The molecule has 1 N–H and O–H groups in total. The van der Waals surface area contributed by atoms with Crippen LogP contribution in [0, 0.1) is 13.8 Å². The second-order valence-corrected chi connectivity index (χ2v) is 10.5. The third-order valence-corrected chi connectivity index (χ3v) is 7.13. The highest BCUT2D eigenvalue weighted by Gasteiger charge is 2.30. The molecule has 32 heavy (non-hydrogen) atoms. The van der Waals surface area contributed by atoms with Gasteiger partial charge in [-0.2, -0.15) is 0 Å². The van der Waals surface area contributed by atoms with Crippen molar-refractivity contribution in [2.75, 3.05) is 23.7 Å². The number of anilines is 1. The van der Waals surface area contributed by atoms with Crippen molar-refractivity contribution in [3.8, 4) is 0 Å². The second-order valence-electron chi connectivity index (χ2n) is 7.78. The maximum absolute atomic E-state index is 13.4. The molecule has 0 aliphatic carbocycles. The molecule has 7 nitrogen and oxygen atoms in total. The average Bonchev–Trinajstić information content (AvgIpc) is 2.72. The van der Waals surface area contributed by atoms with E-state index < -0.39 is 28.5 Å². The van der Waals surface area contributed by atoms with E-state index in [2.05, 4.69) is 21.2 Å². The number of carbonyl (C=O) groups excluding carboxylic acids is 2. The molecule has 0 saturated heterocycles. The number of halogens is 1. The minimum Gasteiger partial charge on any atom is -0.355 e. The number of nitrogens with one attached hydrogen (secondary N) is 1. The van der Waals surface area contributed by atoms with Gasteiger partial charge in [0.1, 0.15) is 12.6 Å². The zero-order valence-electron chi connectivity index (χ0n) is 19.1.